The first kappa shape index (κ1) is 10.4. The van der Waals surface area contributed by atoms with Gasteiger partial charge in [0.15, 0.2) is 0 Å². The van der Waals surface area contributed by atoms with Crippen molar-refractivity contribution in [2.24, 2.45) is 11.7 Å². The standard InChI is InChI=1S/C12H18N2O/c1-9-6-12(11(7-13)8-14-9)15-5-4-10-2-3-10/h6,8,10H,2-5,7,13H2,1H3. The van der Waals surface area contributed by atoms with Crippen molar-refractivity contribution < 1.29 is 4.74 Å². The molecule has 3 heteroatoms. The van der Waals surface area contributed by atoms with Gasteiger partial charge in [0.25, 0.3) is 0 Å². The minimum atomic E-state index is 0.492. The second-order valence-corrected chi connectivity index (χ2v) is 4.22. The molecule has 0 amide bonds. The van der Waals surface area contributed by atoms with Crippen molar-refractivity contribution >= 4 is 0 Å². The normalized spacial score (nSPS) is 15.3. The van der Waals surface area contributed by atoms with Gasteiger partial charge in [-0.25, -0.2) is 0 Å². The Morgan fingerprint density at radius 3 is 3.00 bits per heavy atom. The molecule has 0 radical (unpaired) electrons. The first-order valence-corrected chi connectivity index (χ1v) is 5.58. The van der Waals surface area contributed by atoms with E-state index >= 15 is 0 Å². The molecule has 2 rings (SSSR count). The van der Waals surface area contributed by atoms with Gasteiger partial charge in [0.1, 0.15) is 5.75 Å². The molecule has 1 saturated carbocycles. The fourth-order valence-electron chi connectivity index (χ4n) is 1.59. The van der Waals surface area contributed by atoms with Crippen LogP contribution < -0.4 is 10.5 Å². The maximum atomic E-state index is 5.74. The Bertz CT molecular complexity index is 334. The zero-order chi connectivity index (χ0) is 10.7. The Hall–Kier alpha value is -1.09. The number of nitrogens with zero attached hydrogens (tertiary/aromatic N) is 1. The molecule has 0 spiro atoms. The van der Waals surface area contributed by atoms with Crippen molar-refractivity contribution in [1.29, 1.82) is 0 Å². The Morgan fingerprint density at radius 2 is 2.33 bits per heavy atom. The highest BCUT2D eigenvalue weighted by Crippen LogP contribution is 2.32. The summed E-state index contributed by atoms with van der Waals surface area (Å²) in [6.07, 6.45) is 5.73. The van der Waals surface area contributed by atoms with Crippen LogP contribution >= 0.6 is 0 Å². The maximum absolute atomic E-state index is 5.74. The quantitative estimate of drug-likeness (QED) is 0.801. The topological polar surface area (TPSA) is 48.1 Å². The van der Waals surface area contributed by atoms with Crippen molar-refractivity contribution in [3.63, 3.8) is 0 Å². The van der Waals surface area contributed by atoms with E-state index < -0.39 is 0 Å². The van der Waals surface area contributed by atoms with Crippen LogP contribution in [0, 0.1) is 12.8 Å². The lowest BCUT2D eigenvalue weighted by molar-refractivity contribution is 0.299. The molecule has 1 aliphatic rings. The van der Waals surface area contributed by atoms with Crippen LogP contribution in [0.15, 0.2) is 12.3 Å². The smallest absolute Gasteiger partial charge is 0.127 e. The van der Waals surface area contributed by atoms with Crippen molar-refractivity contribution in [2.75, 3.05) is 6.61 Å². The lowest BCUT2D eigenvalue weighted by atomic mass is 10.2. The predicted octanol–water partition coefficient (Wildman–Crippen LogP) is 2.03. The number of hydrogen-bond donors (Lipinski definition) is 1. The average Bonchev–Trinajstić information content (AvgIpc) is 3.02. The van der Waals surface area contributed by atoms with Crippen LogP contribution in [0.2, 0.25) is 0 Å². The summed E-state index contributed by atoms with van der Waals surface area (Å²) < 4.78 is 5.74. The van der Waals surface area contributed by atoms with E-state index in [9.17, 15) is 0 Å². The Morgan fingerprint density at radius 1 is 1.53 bits per heavy atom. The minimum Gasteiger partial charge on any atom is -0.493 e. The van der Waals surface area contributed by atoms with Crippen LogP contribution in [0.4, 0.5) is 0 Å². The molecule has 1 aromatic heterocycles. The van der Waals surface area contributed by atoms with Gasteiger partial charge in [0.2, 0.25) is 0 Å². The van der Waals surface area contributed by atoms with Crippen LogP contribution in [-0.2, 0) is 6.54 Å². The van der Waals surface area contributed by atoms with Gasteiger partial charge in [0.05, 0.1) is 6.61 Å². The largest absolute Gasteiger partial charge is 0.493 e. The monoisotopic (exact) mass is 206 g/mol. The van der Waals surface area contributed by atoms with Gasteiger partial charge in [-0.1, -0.05) is 12.8 Å². The number of aromatic nitrogens is 1. The van der Waals surface area contributed by atoms with E-state index in [2.05, 4.69) is 4.98 Å². The second kappa shape index (κ2) is 4.62. The Labute approximate surface area is 90.7 Å². The van der Waals surface area contributed by atoms with Gasteiger partial charge in [0, 0.05) is 30.1 Å². The van der Waals surface area contributed by atoms with Gasteiger partial charge in [-0.15, -0.1) is 0 Å². The predicted molar refractivity (Wildman–Crippen MR) is 59.7 cm³/mol. The van der Waals surface area contributed by atoms with E-state index in [0.717, 1.165) is 29.5 Å². The number of rotatable bonds is 5. The Balaban J connectivity index is 1.94. The van der Waals surface area contributed by atoms with Crippen LogP contribution in [0.25, 0.3) is 0 Å². The van der Waals surface area contributed by atoms with Crippen LogP contribution in [0.1, 0.15) is 30.5 Å². The first-order valence-electron chi connectivity index (χ1n) is 5.58. The maximum Gasteiger partial charge on any atom is 0.127 e. The summed E-state index contributed by atoms with van der Waals surface area (Å²) in [5, 5.41) is 0. The lowest BCUT2D eigenvalue weighted by Gasteiger charge is -2.10. The molecule has 0 aromatic carbocycles. The highest BCUT2D eigenvalue weighted by atomic mass is 16.5. The van der Waals surface area contributed by atoms with Gasteiger partial charge in [-0.2, -0.15) is 0 Å². The van der Waals surface area contributed by atoms with Crippen molar-refractivity contribution in [3.8, 4) is 5.75 Å². The van der Waals surface area contributed by atoms with Crippen LogP contribution in [0.5, 0.6) is 5.75 Å². The molecule has 1 aliphatic carbocycles. The molecule has 3 nitrogen and oxygen atoms in total. The summed E-state index contributed by atoms with van der Waals surface area (Å²) in [5.41, 5.74) is 7.60. The van der Waals surface area contributed by atoms with E-state index in [0.29, 0.717) is 6.54 Å². The zero-order valence-corrected chi connectivity index (χ0v) is 9.20. The SMILES string of the molecule is Cc1cc(OCCC2CC2)c(CN)cn1. The molecule has 1 aromatic rings. The molecule has 0 aliphatic heterocycles. The number of nitrogens with two attached hydrogens (primary N) is 1. The molecule has 15 heavy (non-hydrogen) atoms. The molecule has 2 N–H and O–H groups in total. The molecule has 1 heterocycles. The fraction of sp³-hybridized carbons (Fsp3) is 0.583. The highest BCUT2D eigenvalue weighted by molar-refractivity contribution is 5.32. The number of ether oxygens (including phenoxy) is 1. The van der Waals surface area contributed by atoms with Crippen LogP contribution in [0.3, 0.4) is 0 Å². The third-order valence-electron chi connectivity index (χ3n) is 2.78. The number of aryl methyl sites for hydroxylation is 1. The third-order valence-corrected chi connectivity index (χ3v) is 2.78. The summed E-state index contributed by atoms with van der Waals surface area (Å²) in [6, 6.07) is 1.97. The molecular formula is C12H18N2O. The van der Waals surface area contributed by atoms with E-state index in [-0.39, 0.29) is 0 Å². The van der Waals surface area contributed by atoms with E-state index in [1.54, 1.807) is 0 Å². The van der Waals surface area contributed by atoms with Gasteiger partial charge >= 0.3 is 0 Å². The summed E-state index contributed by atoms with van der Waals surface area (Å²) >= 11 is 0. The first-order chi connectivity index (χ1) is 7.29. The van der Waals surface area contributed by atoms with Gasteiger partial charge in [-0.05, 0) is 19.3 Å². The Kier molecular flexibility index (Phi) is 3.21. The number of pyridine rings is 1. The van der Waals surface area contributed by atoms with Gasteiger partial charge in [-0.3, -0.25) is 4.98 Å². The summed E-state index contributed by atoms with van der Waals surface area (Å²) in [7, 11) is 0. The lowest BCUT2D eigenvalue weighted by Crippen LogP contribution is -2.05. The highest BCUT2D eigenvalue weighted by Gasteiger charge is 2.20. The molecule has 0 unspecified atom stereocenters. The van der Waals surface area contributed by atoms with Crippen molar-refractivity contribution in [1.82, 2.24) is 4.98 Å². The molecule has 0 atom stereocenters. The fourth-order valence-corrected chi connectivity index (χ4v) is 1.59. The van der Waals surface area contributed by atoms with Gasteiger partial charge < -0.3 is 10.5 Å². The number of hydrogen-bond acceptors (Lipinski definition) is 3. The molecule has 0 saturated heterocycles. The zero-order valence-electron chi connectivity index (χ0n) is 9.20. The molecule has 1 fully saturated rings. The molecule has 82 valence electrons. The van der Waals surface area contributed by atoms with E-state index in [4.69, 9.17) is 10.5 Å². The third kappa shape index (κ3) is 2.93. The second-order valence-electron chi connectivity index (χ2n) is 4.22. The van der Waals surface area contributed by atoms with Crippen molar-refractivity contribution in [2.45, 2.75) is 32.7 Å². The summed E-state index contributed by atoms with van der Waals surface area (Å²) in [5.74, 6) is 1.82. The average molecular weight is 206 g/mol. The van der Waals surface area contributed by atoms with Crippen LogP contribution in [-0.4, -0.2) is 11.6 Å². The molecule has 0 bridgehead atoms. The summed E-state index contributed by atoms with van der Waals surface area (Å²) in [4.78, 5) is 4.21. The minimum absolute atomic E-state index is 0.492. The molecular weight excluding hydrogens is 188 g/mol. The van der Waals surface area contributed by atoms with E-state index in [1.807, 2.05) is 19.2 Å². The summed E-state index contributed by atoms with van der Waals surface area (Å²) in [6.45, 7) is 3.27. The van der Waals surface area contributed by atoms with E-state index in [1.165, 1.54) is 19.3 Å². The van der Waals surface area contributed by atoms with Crippen molar-refractivity contribution in [3.05, 3.63) is 23.5 Å².